The highest BCUT2D eigenvalue weighted by Crippen LogP contribution is 2.40. The molecule has 2 aromatic rings. The van der Waals surface area contributed by atoms with Gasteiger partial charge < -0.3 is 10.1 Å². The highest BCUT2D eigenvalue weighted by atomic mass is 16.3. The topological polar surface area (TPSA) is 39.3 Å². The number of fused-ring (bicyclic) bond motifs is 2. The van der Waals surface area contributed by atoms with Gasteiger partial charge in [-0.05, 0) is 43.9 Å². The Hall–Kier alpha value is -1.32. The summed E-state index contributed by atoms with van der Waals surface area (Å²) in [5, 5.41) is 12.2. The Labute approximate surface area is 132 Å². The number of nitrogens with zero attached hydrogens (tertiary/aromatic N) is 1. The van der Waals surface area contributed by atoms with E-state index in [0.717, 1.165) is 32.5 Å². The van der Waals surface area contributed by atoms with Crippen LogP contribution in [0.15, 0.2) is 24.4 Å². The molecule has 0 amide bonds. The zero-order valence-corrected chi connectivity index (χ0v) is 13.4. The molecule has 3 heteroatoms. The first-order valence-corrected chi connectivity index (χ1v) is 8.65. The van der Waals surface area contributed by atoms with Crippen LogP contribution in [0.5, 0.6) is 0 Å². The molecule has 0 radical (unpaired) electrons. The minimum Gasteiger partial charge on any atom is -0.390 e. The van der Waals surface area contributed by atoms with Crippen molar-refractivity contribution in [2.75, 3.05) is 13.1 Å². The van der Waals surface area contributed by atoms with Gasteiger partial charge in [0.1, 0.15) is 0 Å². The van der Waals surface area contributed by atoms with Gasteiger partial charge in [0.05, 0.1) is 5.60 Å². The van der Waals surface area contributed by atoms with Crippen molar-refractivity contribution in [3.8, 4) is 0 Å². The molecule has 118 valence electrons. The normalized spacial score (nSPS) is 29.6. The van der Waals surface area contributed by atoms with Crippen LogP contribution in [0.4, 0.5) is 0 Å². The van der Waals surface area contributed by atoms with Gasteiger partial charge in [0.15, 0.2) is 0 Å². The van der Waals surface area contributed by atoms with Crippen LogP contribution >= 0.6 is 0 Å². The van der Waals surface area contributed by atoms with Crippen molar-refractivity contribution in [1.82, 2.24) is 9.88 Å². The van der Waals surface area contributed by atoms with Crippen LogP contribution < -0.4 is 0 Å². The van der Waals surface area contributed by atoms with Gasteiger partial charge in [-0.1, -0.05) is 24.5 Å². The van der Waals surface area contributed by atoms with Crippen molar-refractivity contribution in [3.05, 3.63) is 35.5 Å². The maximum absolute atomic E-state index is 10.8. The third-order valence-electron chi connectivity index (χ3n) is 5.83. The van der Waals surface area contributed by atoms with Crippen LogP contribution in [0.3, 0.4) is 0 Å². The number of piperidine rings is 1. The van der Waals surface area contributed by atoms with Crippen LogP contribution in [0.1, 0.15) is 43.2 Å². The van der Waals surface area contributed by atoms with E-state index in [9.17, 15) is 5.11 Å². The first kappa shape index (κ1) is 14.3. The van der Waals surface area contributed by atoms with E-state index in [0.29, 0.717) is 5.92 Å². The lowest BCUT2D eigenvalue weighted by Gasteiger charge is -2.47. The van der Waals surface area contributed by atoms with Crippen LogP contribution in [0.2, 0.25) is 0 Å². The van der Waals surface area contributed by atoms with E-state index in [1.165, 1.54) is 41.3 Å². The van der Waals surface area contributed by atoms with Gasteiger partial charge in [-0.2, -0.15) is 0 Å². The summed E-state index contributed by atoms with van der Waals surface area (Å²) >= 11 is 0. The number of aliphatic hydroxyl groups is 1. The number of H-pyrrole nitrogens is 1. The minimum absolute atomic E-state index is 0.369. The lowest BCUT2D eigenvalue weighted by atomic mass is 9.71. The molecular weight excluding hydrogens is 272 g/mol. The quantitative estimate of drug-likeness (QED) is 0.889. The van der Waals surface area contributed by atoms with E-state index >= 15 is 0 Å². The summed E-state index contributed by atoms with van der Waals surface area (Å²) in [4.78, 5) is 5.93. The number of nitrogens with one attached hydrogen (secondary N) is 1. The maximum atomic E-state index is 10.8. The molecular formula is C19H26N2O. The summed E-state index contributed by atoms with van der Waals surface area (Å²) in [5.41, 5.74) is 3.56. The number of benzene rings is 1. The lowest BCUT2D eigenvalue weighted by molar-refractivity contribution is -0.0967. The summed E-state index contributed by atoms with van der Waals surface area (Å²) in [5.74, 6) is 0.474. The number of aromatic amines is 1. The van der Waals surface area contributed by atoms with Gasteiger partial charge in [-0.25, -0.2) is 0 Å². The van der Waals surface area contributed by atoms with E-state index in [1.54, 1.807) is 0 Å². The molecule has 0 spiro atoms. The van der Waals surface area contributed by atoms with Crippen molar-refractivity contribution in [2.45, 2.75) is 51.2 Å². The van der Waals surface area contributed by atoms with E-state index in [4.69, 9.17) is 0 Å². The molecule has 2 heterocycles. The summed E-state index contributed by atoms with van der Waals surface area (Å²) in [6.07, 6.45) is 7.80. The number of rotatable bonds is 2. The fourth-order valence-electron chi connectivity index (χ4n) is 4.45. The molecule has 3 nitrogen and oxygen atoms in total. The SMILES string of the molecule is Cc1ccc2[nH]cc(CN3CC[C@@]4(O)CCCC[C@H]4C3)c2c1. The molecule has 2 fully saturated rings. The smallest absolute Gasteiger partial charge is 0.0700 e. The van der Waals surface area contributed by atoms with E-state index < -0.39 is 0 Å². The lowest BCUT2D eigenvalue weighted by Crippen LogP contribution is -2.52. The van der Waals surface area contributed by atoms with Gasteiger partial charge in [-0.3, -0.25) is 4.90 Å². The Morgan fingerprint density at radius 3 is 3.14 bits per heavy atom. The third-order valence-corrected chi connectivity index (χ3v) is 5.83. The number of hydrogen-bond acceptors (Lipinski definition) is 2. The molecule has 1 saturated heterocycles. The minimum atomic E-state index is -0.369. The first-order chi connectivity index (χ1) is 10.6. The largest absolute Gasteiger partial charge is 0.390 e. The van der Waals surface area contributed by atoms with Gasteiger partial charge >= 0.3 is 0 Å². The number of hydrogen-bond donors (Lipinski definition) is 2. The van der Waals surface area contributed by atoms with Gasteiger partial charge in [-0.15, -0.1) is 0 Å². The Kier molecular flexibility index (Phi) is 3.50. The third kappa shape index (κ3) is 2.46. The Balaban J connectivity index is 1.52. The Morgan fingerprint density at radius 2 is 2.23 bits per heavy atom. The molecule has 0 unspecified atom stereocenters. The van der Waals surface area contributed by atoms with Crippen molar-refractivity contribution in [2.24, 2.45) is 5.92 Å². The van der Waals surface area contributed by atoms with Crippen LogP contribution in [0.25, 0.3) is 10.9 Å². The molecule has 1 saturated carbocycles. The van der Waals surface area contributed by atoms with E-state index in [1.807, 2.05) is 0 Å². The van der Waals surface area contributed by atoms with Crippen molar-refractivity contribution in [3.63, 3.8) is 0 Å². The summed E-state index contributed by atoms with van der Waals surface area (Å²) in [6.45, 7) is 5.22. The molecule has 1 aromatic carbocycles. The molecule has 4 rings (SSSR count). The van der Waals surface area contributed by atoms with Gasteiger partial charge in [0.25, 0.3) is 0 Å². The van der Waals surface area contributed by atoms with E-state index in [2.05, 4.69) is 41.2 Å². The van der Waals surface area contributed by atoms with Crippen LogP contribution in [-0.4, -0.2) is 33.7 Å². The Morgan fingerprint density at radius 1 is 1.32 bits per heavy atom. The number of likely N-dealkylation sites (tertiary alicyclic amines) is 1. The fourth-order valence-corrected chi connectivity index (χ4v) is 4.45. The molecule has 1 aliphatic carbocycles. The van der Waals surface area contributed by atoms with Crippen molar-refractivity contribution < 1.29 is 5.11 Å². The highest BCUT2D eigenvalue weighted by molar-refractivity contribution is 5.83. The second kappa shape index (κ2) is 5.39. The summed E-state index contributed by atoms with van der Waals surface area (Å²) in [6, 6.07) is 6.61. The highest BCUT2D eigenvalue weighted by Gasteiger charge is 2.42. The Bertz CT molecular complexity index is 677. The summed E-state index contributed by atoms with van der Waals surface area (Å²) < 4.78 is 0. The molecule has 2 atom stereocenters. The predicted molar refractivity (Wildman–Crippen MR) is 89.8 cm³/mol. The second-order valence-corrected chi connectivity index (χ2v) is 7.39. The van der Waals surface area contributed by atoms with Gasteiger partial charge in [0.2, 0.25) is 0 Å². The number of aromatic nitrogens is 1. The molecule has 1 aliphatic heterocycles. The van der Waals surface area contributed by atoms with Crippen molar-refractivity contribution >= 4 is 10.9 Å². The zero-order valence-electron chi connectivity index (χ0n) is 13.4. The van der Waals surface area contributed by atoms with Crippen molar-refractivity contribution in [1.29, 1.82) is 0 Å². The standard InChI is InChI=1S/C19H26N2O/c1-14-5-6-18-17(10-14)15(11-20-18)12-21-9-8-19(22)7-3-2-4-16(19)13-21/h5-6,10-11,16,20,22H,2-4,7-9,12-13H2,1H3/t16-,19-/m0/s1. The monoisotopic (exact) mass is 298 g/mol. The predicted octanol–water partition coefficient (Wildman–Crippen LogP) is 3.60. The fraction of sp³-hybridized carbons (Fsp3) is 0.579. The second-order valence-electron chi connectivity index (χ2n) is 7.39. The van der Waals surface area contributed by atoms with E-state index in [-0.39, 0.29) is 5.60 Å². The van der Waals surface area contributed by atoms with Crippen LogP contribution in [-0.2, 0) is 6.54 Å². The maximum Gasteiger partial charge on any atom is 0.0700 e. The molecule has 2 N–H and O–H groups in total. The number of aryl methyl sites for hydroxylation is 1. The van der Waals surface area contributed by atoms with Crippen LogP contribution in [0, 0.1) is 12.8 Å². The molecule has 22 heavy (non-hydrogen) atoms. The molecule has 1 aromatic heterocycles. The van der Waals surface area contributed by atoms with Gasteiger partial charge in [0, 0.05) is 42.7 Å². The average Bonchev–Trinajstić information content (AvgIpc) is 2.90. The molecule has 2 aliphatic rings. The molecule has 0 bridgehead atoms. The zero-order chi connectivity index (χ0) is 15.2. The first-order valence-electron chi connectivity index (χ1n) is 8.65. The average molecular weight is 298 g/mol. The summed E-state index contributed by atoms with van der Waals surface area (Å²) in [7, 11) is 0.